The van der Waals surface area contributed by atoms with E-state index in [4.69, 9.17) is 11.6 Å². The maximum Gasteiger partial charge on any atom is 0.255 e. The van der Waals surface area contributed by atoms with Crippen molar-refractivity contribution in [1.82, 2.24) is 9.47 Å². The number of hydrogen-bond donors (Lipinski definition) is 0. The highest BCUT2D eigenvalue weighted by Gasteiger charge is 2.41. The van der Waals surface area contributed by atoms with Crippen LogP contribution in [-0.2, 0) is 6.42 Å². The lowest BCUT2D eigenvalue weighted by molar-refractivity contribution is 0.136. The van der Waals surface area contributed by atoms with Gasteiger partial charge >= 0.3 is 0 Å². The Morgan fingerprint density at radius 1 is 0.867 bits per heavy atom. The number of pyridine rings is 1. The molecule has 0 bridgehead atoms. The number of aromatic nitrogens is 1. The molecule has 0 spiro atoms. The van der Waals surface area contributed by atoms with Crippen molar-refractivity contribution >= 4 is 17.3 Å². The fourth-order valence-electron chi connectivity index (χ4n) is 4.88. The highest BCUT2D eigenvalue weighted by molar-refractivity contribution is 6.30. The molecule has 4 nitrogen and oxygen atoms in total. The number of halogens is 1. The normalized spacial score (nSPS) is 19.0. The molecule has 1 saturated carbocycles. The minimum atomic E-state index is -0.0173. The molecule has 2 fully saturated rings. The quantitative estimate of drug-likeness (QED) is 0.631. The van der Waals surface area contributed by atoms with Crippen molar-refractivity contribution in [1.29, 1.82) is 0 Å². The van der Waals surface area contributed by atoms with E-state index in [-0.39, 0.29) is 5.56 Å². The molecule has 30 heavy (non-hydrogen) atoms. The van der Waals surface area contributed by atoms with Crippen LogP contribution in [0.25, 0.3) is 16.8 Å². The summed E-state index contributed by atoms with van der Waals surface area (Å²) in [5.41, 5.74) is 5.53. The molecule has 152 valence electrons. The molecule has 3 aromatic rings. The first kappa shape index (κ1) is 18.2. The van der Waals surface area contributed by atoms with E-state index < -0.39 is 0 Å². The van der Waals surface area contributed by atoms with E-state index in [0.29, 0.717) is 11.1 Å². The van der Waals surface area contributed by atoms with Crippen molar-refractivity contribution < 1.29 is 0 Å². The third-order valence-corrected chi connectivity index (χ3v) is 7.02. The average Bonchev–Trinajstić information content (AvgIpc) is 3.47. The third-order valence-electron chi connectivity index (χ3n) is 6.76. The molecule has 1 aromatic heterocycles. The van der Waals surface area contributed by atoms with Crippen LogP contribution in [-0.4, -0.2) is 41.2 Å². The van der Waals surface area contributed by atoms with E-state index >= 15 is 0 Å². The topological polar surface area (TPSA) is 28.5 Å². The van der Waals surface area contributed by atoms with Crippen LogP contribution in [0.15, 0.2) is 65.6 Å². The van der Waals surface area contributed by atoms with Crippen LogP contribution in [0.1, 0.15) is 18.4 Å². The van der Waals surface area contributed by atoms with Crippen molar-refractivity contribution in [3.8, 4) is 16.8 Å². The first-order valence-corrected chi connectivity index (χ1v) is 11.2. The Balaban J connectivity index is 1.24. The van der Waals surface area contributed by atoms with Crippen molar-refractivity contribution in [2.75, 3.05) is 24.5 Å². The number of benzene rings is 2. The van der Waals surface area contributed by atoms with Crippen LogP contribution in [0.2, 0.25) is 5.02 Å². The summed E-state index contributed by atoms with van der Waals surface area (Å²) in [6.45, 7) is 3.50. The molecular weight excluding hydrogens is 394 g/mol. The van der Waals surface area contributed by atoms with Crippen LogP contribution in [0.3, 0.4) is 0 Å². The Morgan fingerprint density at radius 2 is 1.67 bits per heavy atom. The van der Waals surface area contributed by atoms with Crippen LogP contribution in [0.4, 0.5) is 5.69 Å². The average molecular weight is 418 g/mol. The summed E-state index contributed by atoms with van der Waals surface area (Å²) in [5, 5.41) is 0.696. The van der Waals surface area contributed by atoms with Gasteiger partial charge in [0.2, 0.25) is 0 Å². The van der Waals surface area contributed by atoms with Crippen LogP contribution < -0.4 is 10.5 Å². The molecule has 0 N–H and O–H groups in total. The van der Waals surface area contributed by atoms with Crippen LogP contribution >= 0.6 is 11.6 Å². The zero-order valence-corrected chi connectivity index (χ0v) is 17.6. The fraction of sp³-hybridized carbons (Fsp3) is 0.320. The summed E-state index contributed by atoms with van der Waals surface area (Å²) in [7, 11) is 0. The second-order valence-corrected chi connectivity index (χ2v) is 9.16. The fourth-order valence-corrected chi connectivity index (χ4v) is 5.01. The minimum Gasteiger partial charge on any atom is -0.365 e. The lowest BCUT2D eigenvalue weighted by Crippen LogP contribution is -2.59. The zero-order chi connectivity index (χ0) is 20.2. The van der Waals surface area contributed by atoms with Gasteiger partial charge in [-0.15, -0.1) is 0 Å². The highest BCUT2D eigenvalue weighted by atomic mass is 35.5. The van der Waals surface area contributed by atoms with Gasteiger partial charge in [-0.2, -0.15) is 0 Å². The van der Waals surface area contributed by atoms with E-state index in [1.54, 1.807) is 10.6 Å². The number of rotatable bonds is 4. The second-order valence-electron chi connectivity index (χ2n) is 8.73. The van der Waals surface area contributed by atoms with E-state index in [1.165, 1.54) is 37.2 Å². The van der Waals surface area contributed by atoms with Gasteiger partial charge in [0.05, 0.1) is 6.04 Å². The highest BCUT2D eigenvalue weighted by Crippen LogP contribution is 2.37. The van der Waals surface area contributed by atoms with Gasteiger partial charge in [0.25, 0.3) is 5.56 Å². The SMILES string of the molecule is O=c1cc(-c2ccc(Cl)cc2)ccn1-c1ccc2c(c1)CCN2C1CN(C2CC2)C1. The van der Waals surface area contributed by atoms with Gasteiger partial charge in [0, 0.05) is 54.3 Å². The van der Waals surface area contributed by atoms with E-state index in [1.807, 2.05) is 36.5 Å². The van der Waals surface area contributed by atoms with Gasteiger partial charge in [-0.1, -0.05) is 23.7 Å². The van der Waals surface area contributed by atoms with Gasteiger partial charge in [-0.25, -0.2) is 0 Å². The molecule has 6 rings (SSSR count). The van der Waals surface area contributed by atoms with Gasteiger partial charge in [-0.05, 0) is 72.4 Å². The number of likely N-dealkylation sites (tertiary alicyclic amines) is 1. The molecule has 0 radical (unpaired) electrons. The van der Waals surface area contributed by atoms with Gasteiger partial charge in [0.1, 0.15) is 0 Å². The maximum absolute atomic E-state index is 12.8. The van der Waals surface area contributed by atoms with Crippen molar-refractivity contribution in [3.63, 3.8) is 0 Å². The van der Waals surface area contributed by atoms with Crippen molar-refractivity contribution in [2.24, 2.45) is 0 Å². The van der Waals surface area contributed by atoms with E-state index in [9.17, 15) is 4.79 Å². The Morgan fingerprint density at radius 3 is 2.40 bits per heavy atom. The molecule has 0 unspecified atom stereocenters. The van der Waals surface area contributed by atoms with E-state index in [2.05, 4.69) is 28.0 Å². The Kier molecular flexibility index (Phi) is 4.25. The summed E-state index contributed by atoms with van der Waals surface area (Å²) in [4.78, 5) is 18.0. The Bertz CT molecular complexity index is 1160. The third kappa shape index (κ3) is 3.15. The molecular formula is C25H24ClN3O. The summed E-state index contributed by atoms with van der Waals surface area (Å²) in [6, 6.07) is 19.3. The van der Waals surface area contributed by atoms with E-state index in [0.717, 1.165) is 35.8 Å². The number of fused-ring (bicyclic) bond motifs is 1. The van der Waals surface area contributed by atoms with Gasteiger partial charge in [-0.3, -0.25) is 14.3 Å². The predicted molar refractivity (Wildman–Crippen MR) is 122 cm³/mol. The monoisotopic (exact) mass is 417 g/mol. The number of hydrogen-bond acceptors (Lipinski definition) is 3. The van der Waals surface area contributed by atoms with Crippen LogP contribution in [0, 0.1) is 0 Å². The largest absolute Gasteiger partial charge is 0.365 e. The molecule has 2 aliphatic heterocycles. The predicted octanol–water partition coefficient (Wildman–Crippen LogP) is 4.37. The number of anilines is 1. The van der Waals surface area contributed by atoms with Gasteiger partial charge < -0.3 is 4.90 Å². The lowest BCUT2D eigenvalue weighted by atomic mass is 10.1. The lowest BCUT2D eigenvalue weighted by Gasteiger charge is -2.45. The molecule has 3 heterocycles. The van der Waals surface area contributed by atoms with Crippen molar-refractivity contribution in [3.05, 3.63) is 81.7 Å². The Labute approximate surface area is 181 Å². The van der Waals surface area contributed by atoms with Crippen LogP contribution in [0.5, 0.6) is 0 Å². The molecule has 0 amide bonds. The second kappa shape index (κ2) is 7.00. The van der Waals surface area contributed by atoms with Gasteiger partial charge in [0.15, 0.2) is 0 Å². The van der Waals surface area contributed by atoms with Crippen molar-refractivity contribution in [2.45, 2.75) is 31.3 Å². The summed E-state index contributed by atoms with van der Waals surface area (Å²) in [6.07, 6.45) is 5.71. The minimum absolute atomic E-state index is 0.0173. The molecule has 0 atom stereocenters. The Hall–Kier alpha value is -2.56. The first-order chi connectivity index (χ1) is 14.7. The molecule has 1 saturated heterocycles. The molecule has 2 aromatic carbocycles. The molecule has 5 heteroatoms. The summed E-state index contributed by atoms with van der Waals surface area (Å²) < 4.78 is 1.74. The summed E-state index contributed by atoms with van der Waals surface area (Å²) in [5.74, 6) is 0. The molecule has 1 aliphatic carbocycles. The zero-order valence-electron chi connectivity index (χ0n) is 16.8. The smallest absolute Gasteiger partial charge is 0.255 e. The molecule has 3 aliphatic rings. The standard InChI is InChI=1S/C25H24ClN3O/c26-20-3-1-17(2-4-20)18-9-12-29(25(30)14-18)22-7-8-24-19(13-22)10-11-28(24)23-15-27(16-23)21-5-6-21/h1-4,7-9,12-14,21,23H,5-6,10-11,15-16H2. The first-order valence-electron chi connectivity index (χ1n) is 10.8. The number of nitrogens with zero attached hydrogens (tertiary/aromatic N) is 3. The summed E-state index contributed by atoms with van der Waals surface area (Å²) >= 11 is 5.98. The maximum atomic E-state index is 12.8.